The number of carbonyl (C=O) groups excluding carboxylic acids is 2. The molecule has 8 nitrogen and oxygen atoms in total. The Balaban J connectivity index is 1.47. The van der Waals surface area contributed by atoms with Gasteiger partial charge in [0.05, 0.1) is 16.8 Å². The van der Waals surface area contributed by atoms with Crippen molar-refractivity contribution in [1.29, 1.82) is 0 Å². The summed E-state index contributed by atoms with van der Waals surface area (Å²) >= 11 is 0. The van der Waals surface area contributed by atoms with Crippen molar-refractivity contribution in [3.63, 3.8) is 0 Å². The van der Waals surface area contributed by atoms with E-state index in [0.717, 1.165) is 10.8 Å². The van der Waals surface area contributed by atoms with Crippen molar-refractivity contribution in [1.82, 2.24) is 5.43 Å². The van der Waals surface area contributed by atoms with E-state index in [2.05, 4.69) is 10.5 Å². The van der Waals surface area contributed by atoms with Gasteiger partial charge in [-0.25, -0.2) is 5.43 Å². The second-order valence-electron chi connectivity index (χ2n) is 6.22. The van der Waals surface area contributed by atoms with Crippen molar-refractivity contribution >= 4 is 40.2 Å². The van der Waals surface area contributed by atoms with Crippen LogP contribution in [0.5, 0.6) is 0 Å². The fraction of sp³-hybridized carbons (Fsp3) is 0.0500. The van der Waals surface area contributed by atoms with Crippen molar-refractivity contribution < 1.29 is 14.5 Å². The van der Waals surface area contributed by atoms with Gasteiger partial charge < -0.3 is 0 Å². The lowest BCUT2D eigenvalue weighted by Crippen LogP contribution is -2.37. The van der Waals surface area contributed by atoms with Gasteiger partial charge in [0, 0.05) is 28.6 Å². The summed E-state index contributed by atoms with van der Waals surface area (Å²) in [5, 5.41) is 16.4. The maximum atomic E-state index is 12.7. The number of hydrogen-bond acceptors (Lipinski definition) is 5. The molecule has 0 atom stereocenters. The molecule has 3 aromatic carbocycles. The number of anilines is 1. The molecule has 4 rings (SSSR count). The molecular weight excluding hydrogens is 360 g/mol. The second-order valence-corrected chi connectivity index (χ2v) is 6.22. The first kappa shape index (κ1) is 17.3. The third-order valence-electron chi connectivity index (χ3n) is 4.43. The maximum Gasteiger partial charge on any atom is 0.270 e. The van der Waals surface area contributed by atoms with Crippen LogP contribution in [0, 0.1) is 10.1 Å². The van der Waals surface area contributed by atoms with Crippen LogP contribution in [0.1, 0.15) is 15.9 Å². The Labute approximate surface area is 159 Å². The molecule has 0 aliphatic carbocycles. The molecule has 1 aliphatic heterocycles. The maximum absolute atomic E-state index is 12.7. The van der Waals surface area contributed by atoms with E-state index in [1.807, 2.05) is 24.3 Å². The van der Waals surface area contributed by atoms with Crippen molar-refractivity contribution in [2.75, 3.05) is 11.4 Å². The highest BCUT2D eigenvalue weighted by molar-refractivity contribution is 6.26. The van der Waals surface area contributed by atoms with Crippen molar-refractivity contribution in [3.8, 4) is 0 Å². The lowest BCUT2D eigenvalue weighted by Gasteiger charge is -2.16. The lowest BCUT2D eigenvalue weighted by molar-refractivity contribution is -0.384. The number of non-ortho nitro benzene ring substituents is 1. The molecular formula is C20H14N4O4. The van der Waals surface area contributed by atoms with Crippen LogP contribution in [-0.4, -0.2) is 29.5 Å². The van der Waals surface area contributed by atoms with E-state index >= 15 is 0 Å². The van der Waals surface area contributed by atoms with Gasteiger partial charge in [-0.3, -0.25) is 24.6 Å². The average molecular weight is 374 g/mol. The average Bonchev–Trinajstić information content (AvgIpc) is 2.96. The highest BCUT2D eigenvalue weighted by Crippen LogP contribution is 2.36. The zero-order valence-electron chi connectivity index (χ0n) is 14.5. The number of hydrogen-bond donors (Lipinski definition) is 1. The van der Waals surface area contributed by atoms with Gasteiger partial charge in [0.1, 0.15) is 6.54 Å². The molecule has 1 heterocycles. The van der Waals surface area contributed by atoms with Crippen LogP contribution in [0.4, 0.5) is 11.4 Å². The largest absolute Gasteiger partial charge is 0.298 e. The Morgan fingerprint density at radius 2 is 1.89 bits per heavy atom. The van der Waals surface area contributed by atoms with Crippen LogP contribution in [0.2, 0.25) is 0 Å². The fourth-order valence-electron chi connectivity index (χ4n) is 3.21. The number of hydrazone groups is 1. The summed E-state index contributed by atoms with van der Waals surface area (Å²) in [6.07, 6.45) is 1.31. The van der Waals surface area contributed by atoms with Crippen LogP contribution in [0.15, 0.2) is 65.8 Å². The highest BCUT2D eigenvalue weighted by Gasteiger charge is 2.30. The molecule has 0 aromatic heterocycles. The Morgan fingerprint density at radius 3 is 2.68 bits per heavy atom. The number of nitrogens with zero attached hydrogens (tertiary/aromatic N) is 3. The summed E-state index contributed by atoms with van der Waals surface area (Å²) in [5.41, 5.74) is 4.02. The minimum atomic E-state index is -0.507. The molecule has 3 aromatic rings. The highest BCUT2D eigenvalue weighted by atomic mass is 16.6. The minimum absolute atomic E-state index is 0.0659. The standard InChI is InChI=1S/C20H14N4O4/c25-18(22-21-11-13-4-1-7-15(10-13)24(27)28)12-23-17-9-3-6-14-5-2-8-16(19(14)17)20(23)26/h1-11H,12H2,(H,22,25)/b21-11-. The molecule has 8 heteroatoms. The molecule has 0 unspecified atom stereocenters. The fourth-order valence-corrected chi connectivity index (χ4v) is 3.21. The van der Waals surface area contributed by atoms with Crippen LogP contribution in [0.25, 0.3) is 10.8 Å². The number of nitro groups is 1. The van der Waals surface area contributed by atoms with Gasteiger partial charge in [-0.05, 0) is 17.5 Å². The van der Waals surface area contributed by atoms with Gasteiger partial charge in [0.15, 0.2) is 0 Å². The zero-order chi connectivity index (χ0) is 19.7. The van der Waals surface area contributed by atoms with E-state index in [1.165, 1.54) is 29.3 Å². The van der Waals surface area contributed by atoms with Crippen molar-refractivity contribution in [2.24, 2.45) is 5.10 Å². The summed E-state index contributed by atoms with van der Waals surface area (Å²) in [6.45, 7) is -0.182. The van der Waals surface area contributed by atoms with Gasteiger partial charge in [-0.15, -0.1) is 0 Å². The van der Waals surface area contributed by atoms with E-state index in [9.17, 15) is 19.7 Å². The minimum Gasteiger partial charge on any atom is -0.298 e. The molecule has 28 heavy (non-hydrogen) atoms. The third-order valence-corrected chi connectivity index (χ3v) is 4.43. The van der Waals surface area contributed by atoms with Crippen molar-refractivity contribution in [3.05, 3.63) is 81.9 Å². The monoisotopic (exact) mass is 374 g/mol. The molecule has 0 radical (unpaired) electrons. The summed E-state index contributed by atoms with van der Waals surface area (Å²) in [7, 11) is 0. The van der Waals surface area contributed by atoms with Crippen molar-refractivity contribution in [2.45, 2.75) is 0 Å². The Bertz CT molecular complexity index is 1150. The molecule has 0 saturated carbocycles. The Morgan fingerprint density at radius 1 is 1.14 bits per heavy atom. The van der Waals surface area contributed by atoms with Gasteiger partial charge >= 0.3 is 0 Å². The first-order chi connectivity index (χ1) is 13.5. The third kappa shape index (κ3) is 3.07. The van der Waals surface area contributed by atoms with Crippen LogP contribution >= 0.6 is 0 Å². The van der Waals surface area contributed by atoms with E-state index in [1.54, 1.807) is 18.2 Å². The Kier molecular flexibility index (Phi) is 4.29. The topological polar surface area (TPSA) is 105 Å². The van der Waals surface area contributed by atoms with E-state index in [-0.39, 0.29) is 18.1 Å². The molecule has 1 N–H and O–H groups in total. The molecule has 0 bridgehead atoms. The van der Waals surface area contributed by atoms with E-state index in [4.69, 9.17) is 0 Å². The first-order valence-corrected chi connectivity index (χ1v) is 8.44. The first-order valence-electron chi connectivity index (χ1n) is 8.44. The van der Waals surface area contributed by atoms with Gasteiger partial charge in [0.25, 0.3) is 17.5 Å². The van der Waals surface area contributed by atoms with Crippen LogP contribution in [-0.2, 0) is 4.79 Å². The molecule has 0 fully saturated rings. The number of benzene rings is 3. The summed E-state index contributed by atoms with van der Waals surface area (Å²) < 4.78 is 0. The number of nitrogens with one attached hydrogen (secondary N) is 1. The van der Waals surface area contributed by atoms with E-state index < -0.39 is 10.8 Å². The normalized spacial score (nSPS) is 12.7. The molecule has 2 amide bonds. The summed E-state index contributed by atoms with van der Waals surface area (Å²) in [6, 6.07) is 16.9. The second kappa shape index (κ2) is 6.92. The van der Waals surface area contributed by atoms with E-state index in [0.29, 0.717) is 16.8 Å². The van der Waals surface area contributed by atoms with Gasteiger partial charge in [-0.1, -0.05) is 36.4 Å². The van der Waals surface area contributed by atoms with Crippen LogP contribution < -0.4 is 10.3 Å². The Hall–Kier alpha value is -4.07. The summed E-state index contributed by atoms with van der Waals surface area (Å²) in [4.78, 5) is 36.6. The number of rotatable bonds is 5. The quantitative estimate of drug-likeness (QED) is 0.421. The summed E-state index contributed by atoms with van der Waals surface area (Å²) in [5.74, 6) is -0.704. The molecule has 0 saturated heterocycles. The number of nitro benzene ring substituents is 1. The zero-order valence-corrected chi connectivity index (χ0v) is 14.5. The molecule has 138 valence electrons. The molecule has 1 aliphatic rings. The SMILES string of the molecule is O=C(CN1C(=O)c2cccc3cccc1c23)N/N=C\c1cccc([N+](=O)[O-])c1. The predicted octanol–water partition coefficient (Wildman–Crippen LogP) is 2.86. The smallest absolute Gasteiger partial charge is 0.270 e. The predicted molar refractivity (Wildman–Crippen MR) is 104 cm³/mol. The van der Waals surface area contributed by atoms with Gasteiger partial charge in [0.2, 0.25) is 0 Å². The number of carbonyl (C=O) groups is 2. The molecule has 0 spiro atoms. The lowest BCUT2D eigenvalue weighted by atomic mass is 10.1. The van der Waals surface area contributed by atoms with Crippen LogP contribution in [0.3, 0.4) is 0 Å². The van der Waals surface area contributed by atoms with Gasteiger partial charge in [-0.2, -0.15) is 5.10 Å². The number of amides is 2.